The number of benzene rings is 1. The SMILES string of the molecule is C=CC(C=C(C)C)N=CC1=NC(Cc2ccc(C(N)C(=O)CCCCC(CC)OCCCC3CCCOCC3)cc2)=C(C)C2CC=CCC1C2. The molecule has 4 rings (SSSR count). The first-order valence-electron chi connectivity index (χ1n) is 19.6. The number of rotatable bonds is 19. The van der Waals surface area contributed by atoms with Gasteiger partial charge in [-0.2, -0.15) is 0 Å². The summed E-state index contributed by atoms with van der Waals surface area (Å²) in [6.07, 6.45) is 25.2. The number of aliphatic imine (C=N–C) groups is 2. The fourth-order valence-electron chi connectivity index (χ4n) is 7.55. The van der Waals surface area contributed by atoms with Crippen LogP contribution in [-0.4, -0.2) is 49.7 Å². The van der Waals surface area contributed by atoms with Crippen LogP contribution in [0.25, 0.3) is 0 Å². The molecule has 0 spiro atoms. The van der Waals surface area contributed by atoms with Gasteiger partial charge in [-0.05, 0) is 120 Å². The van der Waals surface area contributed by atoms with Crippen LogP contribution in [0.4, 0.5) is 0 Å². The van der Waals surface area contributed by atoms with E-state index in [0.29, 0.717) is 18.3 Å². The van der Waals surface area contributed by atoms with Crippen LogP contribution in [0.5, 0.6) is 0 Å². The smallest absolute Gasteiger partial charge is 0.154 e. The summed E-state index contributed by atoms with van der Waals surface area (Å²) in [7, 11) is 0. The summed E-state index contributed by atoms with van der Waals surface area (Å²) in [6.45, 7) is 15.3. The maximum Gasteiger partial charge on any atom is 0.154 e. The number of unbranched alkanes of at least 4 members (excludes halogenated alkanes) is 1. The average molecular weight is 684 g/mol. The van der Waals surface area contributed by atoms with Crippen molar-refractivity contribution in [2.45, 2.75) is 136 Å². The van der Waals surface area contributed by atoms with Crippen molar-refractivity contribution in [2.24, 2.45) is 33.5 Å². The lowest BCUT2D eigenvalue weighted by Crippen LogP contribution is -2.21. The zero-order valence-corrected chi connectivity index (χ0v) is 31.6. The van der Waals surface area contributed by atoms with Crippen LogP contribution in [0.15, 0.2) is 82.0 Å². The van der Waals surface area contributed by atoms with E-state index in [1.54, 1.807) is 0 Å². The standard InChI is InChI=1S/C44H65N3O3/c1-6-39(28-32(3)4)46-31-42-38-17-9-8-16-37(30-38)33(5)41(47-42)29-35-20-22-36(23-21-35)44(45)43(48)19-11-10-18-40(7-2)50-26-13-15-34-14-12-25-49-27-24-34/h6,8-9,20-23,28,31,34,37-40,44H,1,7,10-19,24-27,29-30,45H2,2-5H3. The molecule has 1 aromatic rings. The van der Waals surface area contributed by atoms with Gasteiger partial charge in [0.25, 0.3) is 0 Å². The Hall–Kier alpha value is -2.93. The lowest BCUT2D eigenvalue weighted by atomic mass is 9.85. The first-order chi connectivity index (χ1) is 24.3. The first kappa shape index (κ1) is 39.8. The molecule has 0 amide bonds. The zero-order chi connectivity index (χ0) is 35.7. The molecule has 50 heavy (non-hydrogen) atoms. The Morgan fingerprint density at radius 2 is 1.88 bits per heavy atom. The second-order valence-electron chi connectivity index (χ2n) is 15.0. The van der Waals surface area contributed by atoms with Crippen LogP contribution in [0, 0.1) is 17.8 Å². The Balaban J connectivity index is 1.27. The second-order valence-corrected chi connectivity index (χ2v) is 15.0. The maximum absolute atomic E-state index is 13.1. The van der Waals surface area contributed by atoms with Crippen molar-refractivity contribution in [3.8, 4) is 0 Å². The number of allylic oxidation sites excluding steroid dienone is 5. The minimum atomic E-state index is -0.593. The van der Waals surface area contributed by atoms with Crippen molar-refractivity contribution in [3.63, 3.8) is 0 Å². The number of carbonyl (C=O) groups excluding carboxylic acids is 1. The summed E-state index contributed by atoms with van der Waals surface area (Å²) in [5.74, 6) is 1.73. The largest absolute Gasteiger partial charge is 0.381 e. The fraction of sp³-hybridized carbons (Fsp3) is 0.614. The van der Waals surface area contributed by atoms with E-state index in [4.69, 9.17) is 25.2 Å². The van der Waals surface area contributed by atoms with Crippen LogP contribution in [-0.2, 0) is 20.7 Å². The number of carbonyl (C=O) groups is 1. The predicted molar refractivity (Wildman–Crippen MR) is 210 cm³/mol. The number of Topliss-reactive ketones (excluding diaryl/α,β-unsaturated/α-hetero) is 1. The normalized spacial score (nSPS) is 23.0. The molecular formula is C44H65N3O3. The van der Waals surface area contributed by atoms with E-state index in [1.807, 2.05) is 24.4 Å². The van der Waals surface area contributed by atoms with Crippen LogP contribution in [0.1, 0.15) is 128 Å². The van der Waals surface area contributed by atoms with E-state index in [0.717, 1.165) is 100 Å². The Morgan fingerprint density at radius 3 is 2.62 bits per heavy atom. The summed E-state index contributed by atoms with van der Waals surface area (Å²) in [6, 6.07) is 7.64. The molecule has 3 aliphatic rings. The number of hydrogen-bond acceptors (Lipinski definition) is 6. The van der Waals surface area contributed by atoms with E-state index >= 15 is 0 Å². The maximum atomic E-state index is 13.1. The van der Waals surface area contributed by atoms with Crippen molar-refractivity contribution in [1.82, 2.24) is 0 Å². The molecular weight excluding hydrogens is 619 g/mol. The number of nitrogens with two attached hydrogens (primary N) is 1. The predicted octanol–water partition coefficient (Wildman–Crippen LogP) is 10.0. The lowest BCUT2D eigenvalue weighted by Gasteiger charge is -2.18. The Bertz CT molecular complexity index is 1360. The molecule has 0 radical (unpaired) electrons. The molecule has 6 heteroatoms. The third kappa shape index (κ3) is 13.0. The molecule has 1 aliphatic carbocycles. The molecule has 6 nitrogen and oxygen atoms in total. The summed E-state index contributed by atoms with van der Waals surface area (Å²) in [5.41, 5.74) is 13.3. The molecule has 2 heterocycles. The molecule has 1 fully saturated rings. The minimum absolute atomic E-state index is 0.0506. The number of ketones is 1. The second kappa shape index (κ2) is 21.4. The topological polar surface area (TPSA) is 86.3 Å². The zero-order valence-electron chi connectivity index (χ0n) is 31.6. The van der Waals surface area contributed by atoms with Gasteiger partial charge in [0.05, 0.1) is 23.9 Å². The Kier molecular flexibility index (Phi) is 17.1. The molecule has 6 unspecified atom stereocenters. The van der Waals surface area contributed by atoms with E-state index in [2.05, 4.69) is 64.6 Å². The van der Waals surface area contributed by atoms with Gasteiger partial charge in [0.1, 0.15) is 0 Å². The van der Waals surface area contributed by atoms with Crippen LogP contribution < -0.4 is 5.73 Å². The molecule has 2 bridgehead atoms. The molecule has 1 aromatic carbocycles. The third-order valence-electron chi connectivity index (χ3n) is 10.8. The van der Waals surface area contributed by atoms with Gasteiger partial charge < -0.3 is 15.2 Å². The molecule has 274 valence electrons. The van der Waals surface area contributed by atoms with Gasteiger partial charge in [-0.1, -0.05) is 67.5 Å². The van der Waals surface area contributed by atoms with Crippen molar-refractivity contribution in [1.29, 1.82) is 0 Å². The van der Waals surface area contributed by atoms with Crippen molar-refractivity contribution < 1.29 is 14.3 Å². The summed E-state index contributed by atoms with van der Waals surface area (Å²) in [5, 5.41) is 0. The molecule has 1 saturated heterocycles. The highest BCUT2D eigenvalue weighted by molar-refractivity contribution is 6.32. The van der Waals surface area contributed by atoms with Crippen LogP contribution in [0.3, 0.4) is 0 Å². The molecule has 6 atom stereocenters. The van der Waals surface area contributed by atoms with Gasteiger partial charge in [0.2, 0.25) is 0 Å². The van der Waals surface area contributed by atoms with Gasteiger partial charge in [-0.25, -0.2) is 0 Å². The summed E-state index contributed by atoms with van der Waals surface area (Å²) >= 11 is 0. The summed E-state index contributed by atoms with van der Waals surface area (Å²) < 4.78 is 11.8. The van der Waals surface area contributed by atoms with E-state index < -0.39 is 6.04 Å². The highest BCUT2D eigenvalue weighted by atomic mass is 16.5. The number of hydrogen-bond donors (Lipinski definition) is 1. The first-order valence-corrected chi connectivity index (χ1v) is 19.6. The molecule has 2 N–H and O–H groups in total. The van der Waals surface area contributed by atoms with Crippen molar-refractivity contribution in [2.75, 3.05) is 19.8 Å². The summed E-state index contributed by atoms with van der Waals surface area (Å²) in [4.78, 5) is 23.2. The Morgan fingerprint density at radius 1 is 1.10 bits per heavy atom. The lowest BCUT2D eigenvalue weighted by molar-refractivity contribution is -0.120. The van der Waals surface area contributed by atoms with Gasteiger partial charge >= 0.3 is 0 Å². The third-order valence-corrected chi connectivity index (χ3v) is 10.8. The van der Waals surface area contributed by atoms with E-state index in [9.17, 15) is 4.79 Å². The van der Waals surface area contributed by atoms with E-state index in [1.165, 1.54) is 42.4 Å². The highest BCUT2D eigenvalue weighted by Gasteiger charge is 2.27. The number of nitrogens with zero attached hydrogens (tertiary/aromatic N) is 2. The Labute approximate surface area is 303 Å². The van der Waals surface area contributed by atoms with Gasteiger partial charge in [-0.3, -0.25) is 14.8 Å². The minimum Gasteiger partial charge on any atom is -0.381 e. The van der Waals surface area contributed by atoms with Gasteiger partial charge in [-0.15, -0.1) is 6.58 Å². The van der Waals surface area contributed by atoms with Gasteiger partial charge in [0, 0.05) is 50.5 Å². The average Bonchev–Trinajstić information content (AvgIpc) is 3.58. The number of ether oxygens (including phenoxy) is 2. The number of fused-ring (bicyclic) bond motifs is 2. The van der Waals surface area contributed by atoms with Gasteiger partial charge in [0.15, 0.2) is 5.78 Å². The molecule has 0 saturated carbocycles. The highest BCUT2D eigenvalue weighted by Crippen LogP contribution is 2.36. The van der Waals surface area contributed by atoms with Crippen molar-refractivity contribution >= 4 is 17.7 Å². The molecule has 0 aromatic heterocycles. The quantitative estimate of drug-likeness (QED) is 0.0893. The monoisotopic (exact) mass is 684 g/mol. The van der Waals surface area contributed by atoms with E-state index in [-0.39, 0.29) is 17.9 Å². The van der Waals surface area contributed by atoms with Crippen LogP contribution >= 0.6 is 0 Å². The van der Waals surface area contributed by atoms with Crippen LogP contribution in [0.2, 0.25) is 0 Å². The molecule has 2 aliphatic heterocycles. The fourth-order valence-corrected chi connectivity index (χ4v) is 7.55. The van der Waals surface area contributed by atoms with Crippen molar-refractivity contribution in [3.05, 3.63) is 83.1 Å².